The molecular formula is C16H36N2O8S. The molecule has 0 saturated heterocycles. The fraction of sp³-hybridized carbons (Fsp3) is 0.875. The first kappa shape index (κ1) is 30.5. The van der Waals surface area contributed by atoms with Gasteiger partial charge in [0.15, 0.2) is 0 Å². The van der Waals surface area contributed by atoms with Gasteiger partial charge in [-0.15, -0.1) is 0 Å². The molecule has 0 rings (SSSR count). The summed E-state index contributed by atoms with van der Waals surface area (Å²) in [4.78, 5) is 29.0. The zero-order chi connectivity index (χ0) is 21.6. The third-order valence-corrected chi connectivity index (χ3v) is 3.23. The summed E-state index contributed by atoms with van der Waals surface area (Å²) in [7, 11) is -4.67. The van der Waals surface area contributed by atoms with E-state index in [2.05, 4.69) is 35.3 Å². The van der Waals surface area contributed by atoms with Crippen molar-refractivity contribution in [2.45, 2.75) is 90.9 Å². The van der Waals surface area contributed by atoms with E-state index < -0.39 is 10.4 Å². The highest BCUT2D eigenvalue weighted by Gasteiger charge is 1.99. The van der Waals surface area contributed by atoms with E-state index in [1.165, 1.54) is 38.5 Å². The number of nitrogens with two attached hydrogens (primary N) is 2. The molecule has 0 saturated carbocycles. The van der Waals surface area contributed by atoms with E-state index in [4.69, 9.17) is 17.5 Å². The minimum absolute atomic E-state index is 0.304. The third-order valence-electron chi connectivity index (χ3n) is 3.23. The minimum atomic E-state index is -4.67. The van der Waals surface area contributed by atoms with E-state index in [0.717, 1.165) is 25.7 Å². The van der Waals surface area contributed by atoms with Gasteiger partial charge in [-0.1, -0.05) is 65.2 Å². The number of rotatable bonds is 12. The summed E-state index contributed by atoms with van der Waals surface area (Å²) in [5.41, 5.74) is 0. The average molecular weight is 417 g/mol. The Morgan fingerprint density at radius 1 is 0.704 bits per heavy atom. The van der Waals surface area contributed by atoms with Crippen LogP contribution < -0.4 is 11.8 Å². The SMILES string of the molecule is CCCCCCCC(=O)ON.CCCCCCCC(=O)ON.O=S(=O)(O)O. The summed E-state index contributed by atoms with van der Waals surface area (Å²) < 4.78 is 31.6. The summed E-state index contributed by atoms with van der Waals surface area (Å²) in [6.07, 6.45) is 12.3. The molecule has 0 aliphatic rings. The second kappa shape index (κ2) is 22.8. The van der Waals surface area contributed by atoms with Crippen LogP contribution in [0.15, 0.2) is 0 Å². The Hall–Kier alpha value is -1.27. The average Bonchev–Trinajstić information content (AvgIpc) is 2.60. The summed E-state index contributed by atoms with van der Waals surface area (Å²) in [6.45, 7) is 4.32. The van der Waals surface area contributed by atoms with Crippen molar-refractivity contribution in [3.63, 3.8) is 0 Å². The molecule has 0 radical (unpaired) electrons. The predicted octanol–water partition coefficient (Wildman–Crippen LogP) is 2.87. The first-order valence-electron chi connectivity index (χ1n) is 9.11. The van der Waals surface area contributed by atoms with Gasteiger partial charge in [-0.3, -0.25) is 18.7 Å². The largest absolute Gasteiger partial charge is 0.394 e. The van der Waals surface area contributed by atoms with Crippen LogP contribution in [0.4, 0.5) is 0 Å². The van der Waals surface area contributed by atoms with Crippen LogP contribution in [0.2, 0.25) is 0 Å². The molecular weight excluding hydrogens is 380 g/mol. The summed E-state index contributed by atoms with van der Waals surface area (Å²) in [5.74, 6) is 8.72. The van der Waals surface area contributed by atoms with Crippen molar-refractivity contribution < 1.29 is 36.8 Å². The maximum Gasteiger partial charge on any atom is 0.394 e. The van der Waals surface area contributed by atoms with Gasteiger partial charge < -0.3 is 9.68 Å². The van der Waals surface area contributed by atoms with E-state index in [9.17, 15) is 9.59 Å². The van der Waals surface area contributed by atoms with Gasteiger partial charge in [-0.2, -0.15) is 20.2 Å². The van der Waals surface area contributed by atoms with Crippen LogP contribution in [0.25, 0.3) is 0 Å². The Labute approximate surface area is 162 Å². The molecule has 0 aromatic carbocycles. The molecule has 0 aromatic heterocycles. The predicted molar refractivity (Wildman–Crippen MR) is 101 cm³/mol. The first-order valence-corrected chi connectivity index (χ1v) is 10.5. The smallest absolute Gasteiger partial charge is 0.373 e. The maximum atomic E-state index is 10.5. The lowest BCUT2D eigenvalue weighted by molar-refractivity contribution is -0.145. The van der Waals surface area contributed by atoms with Crippen molar-refractivity contribution >= 4 is 22.3 Å². The van der Waals surface area contributed by atoms with Crippen molar-refractivity contribution in [3.8, 4) is 0 Å². The highest BCUT2D eigenvalue weighted by atomic mass is 32.3. The second-order valence-electron chi connectivity index (χ2n) is 5.76. The number of hydrogen-bond donors (Lipinski definition) is 4. The van der Waals surface area contributed by atoms with Gasteiger partial charge in [0.25, 0.3) is 0 Å². The first-order chi connectivity index (χ1) is 12.6. The highest BCUT2D eigenvalue weighted by Crippen LogP contribution is 2.05. The summed E-state index contributed by atoms with van der Waals surface area (Å²) >= 11 is 0. The highest BCUT2D eigenvalue weighted by molar-refractivity contribution is 7.79. The molecule has 0 unspecified atom stereocenters. The molecule has 0 heterocycles. The van der Waals surface area contributed by atoms with Crippen molar-refractivity contribution in [2.75, 3.05) is 0 Å². The number of unbranched alkanes of at least 4 members (excludes halogenated alkanes) is 8. The van der Waals surface area contributed by atoms with Crippen molar-refractivity contribution in [1.82, 2.24) is 0 Å². The topological polar surface area (TPSA) is 179 Å². The summed E-state index contributed by atoms with van der Waals surface area (Å²) in [6, 6.07) is 0. The fourth-order valence-corrected chi connectivity index (χ4v) is 1.86. The van der Waals surface area contributed by atoms with Crippen molar-refractivity contribution in [2.24, 2.45) is 11.8 Å². The zero-order valence-electron chi connectivity index (χ0n) is 16.4. The molecule has 10 nitrogen and oxygen atoms in total. The molecule has 0 atom stereocenters. The van der Waals surface area contributed by atoms with Gasteiger partial charge in [0, 0.05) is 12.8 Å². The van der Waals surface area contributed by atoms with Crippen molar-refractivity contribution in [3.05, 3.63) is 0 Å². The van der Waals surface area contributed by atoms with E-state index in [1.54, 1.807) is 0 Å². The molecule has 0 aromatic rings. The quantitative estimate of drug-likeness (QED) is 0.210. The lowest BCUT2D eigenvalue weighted by Gasteiger charge is -1.97. The van der Waals surface area contributed by atoms with Gasteiger partial charge in [0.1, 0.15) is 0 Å². The second-order valence-corrected chi connectivity index (χ2v) is 6.65. The molecule has 0 bridgehead atoms. The van der Waals surface area contributed by atoms with E-state index in [-0.39, 0.29) is 11.9 Å². The standard InChI is InChI=1S/2C8H17NO2.H2O4S/c2*1-2-3-4-5-6-7-8(10)11-9;1-5(2,3)4/h2*2-7,9H2,1H3;(H2,1,2,3,4). The van der Waals surface area contributed by atoms with Crippen LogP contribution in [0.5, 0.6) is 0 Å². The molecule has 6 N–H and O–H groups in total. The van der Waals surface area contributed by atoms with E-state index in [0.29, 0.717) is 12.8 Å². The fourth-order valence-electron chi connectivity index (χ4n) is 1.86. The van der Waals surface area contributed by atoms with Gasteiger partial charge in [0.2, 0.25) is 0 Å². The normalized spacial score (nSPS) is 10.0. The Morgan fingerprint density at radius 2 is 0.963 bits per heavy atom. The molecule has 0 fully saturated rings. The van der Waals surface area contributed by atoms with Crippen LogP contribution in [-0.2, 0) is 29.7 Å². The van der Waals surface area contributed by atoms with E-state index >= 15 is 0 Å². The minimum Gasteiger partial charge on any atom is -0.373 e. The lowest BCUT2D eigenvalue weighted by Crippen LogP contribution is -2.08. The van der Waals surface area contributed by atoms with Crippen LogP contribution >= 0.6 is 0 Å². The Kier molecular flexibility index (Phi) is 25.7. The molecule has 27 heavy (non-hydrogen) atoms. The van der Waals surface area contributed by atoms with Crippen LogP contribution in [0.3, 0.4) is 0 Å². The van der Waals surface area contributed by atoms with Gasteiger partial charge in [-0.25, -0.2) is 0 Å². The monoisotopic (exact) mass is 416 g/mol. The van der Waals surface area contributed by atoms with E-state index in [1.807, 2.05) is 0 Å². The molecule has 0 aliphatic heterocycles. The Bertz CT molecular complexity index is 410. The van der Waals surface area contributed by atoms with Gasteiger partial charge >= 0.3 is 22.3 Å². The van der Waals surface area contributed by atoms with Crippen LogP contribution in [-0.4, -0.2) is 29.5 Å². The van der Waals surface area contributed by atoms with Gasteiger partial charge in [-0.05, 0) is 12.8 Å². The third kappa shape index (κ3) is 45.6. The maximum absolute atomic E-state index is 10.5. The molecule has 11 heteroatoms. The molecule has 164 valence electrons. The van der Waals surface area contributed by atoms with Crippen molar-refractivity contribution in [1.29, 1.82) is 0 Å². The van der Waals surface area contributed by atoms with Gasteiger partial charge in [0.05, 0.1) is 0 Å². The number of hydrogen-bond acceptors (Lipinski definition) is 8. The van der Waals surface area contributed by atoms with Crippen LogP contribution in [0, 0.1) is 0 Å². The number of carbonyl (C=O) groups excluding carboxylic acids is 2. The lowest BCUT2D eigenvalue weighted by atomic mass is 10.1. The van der Waals surface area contributed by atoms with Crippen LogP contribution in [0.1, 0.15) is 90.9 Å². The molecule has 0 amide bonds. The molecule has 0 spiro atoms. The Balaban J connectivity index is -0.000000344. The summed E-state index contributed by atoms with van der Waals surface area (Å²) in [5, 5.41) is 0. The number of carbonyl (C=O) groups is 2. The zero-order valence-corrected chi connectivity index (χ0v) is 17.2. The molecule has 0 aliphatic carbocycles. The Morgan fingerprint density at radius 3 is 1.19 bits per heavy atom.